The topological polar surface area (TPSA) is 112 Å². The summed E-state index contributed by atoms with van der Waals surface area (Å²) in [6, 6.07) is 6.03. The SMILES string of the molecule is Cc1ccc(C2=CC(Cc3ccc(C(F)(F)F)nc3)(n3nnnc3C(C)C)CC(C(N)=O)=C2)nc1. The Morgan fingerprint density at radius 2 is 1.94 bits per heavy atom. The first-order chi connectivity index (χ1) is 16.5. The van der Waals surface area contributed by atoms with Crippen LogP contribution in [0.5, 0.6) is 0 Å². The quantitative estimate of drug-likeness (QED) is 0.572. The van der Waals surface area contributed by atoms with E-state index in [1.54, 1.807) is 17.0 Å². The van der Waals surface area contributed by atoms with Crippen molar-refractivity contribution in [1.82, 2.24) is 30.2 Å². The molecule has 1 atom stereocenters. The summed E-state index contributed by atoms with van der Waals surface area (Å²) in [5.74, 6) is -0.121. The number of carbonyl (C=O) groups is 1. The molecule has 11 heteroatoms. The number of primary amides is 1. The Bertz CT molecular complexity index is 1290. The number of allylic oxidation sites excluding steroid dienone is 3. The third-order valence-corrected chi connectivity index (χ3v) is 5.83. The number of hydrogen-bond donors (Lipinski definition) is 1. The molecule has 1 aliphatic rings. The number of hydrogen-bond acceptors (Lipinski definition) is 6. The van der Waals surface area contributed by atoms with Crippen molar-refractivity contribution in [2.45, 2.75) is 51.2 Å². The summed E-state index contributed by atoms with van der Waals surface area (Å²) in [6.45, 7) is 5.76. The van der Waals surface area contributed by atoms with Crippen molar-refractivity contribution >= 4 is 11.5 Å². The molecule has 35 heavy (non-hydrogen) atoms. The molecule has 0 spiro atoms. The molecule has 3 heterocycles. The summed E-state index contributed by atoms with van der Waals surface area (Å²) in [4.78, 5) is 20.5. The standard InChI is InChI=1S/C24H24F3N7O/c1-14(2)22-31-32-33-34(22)23(9-16-5-7-20(30-13-16)24(25,26)27)10-17(8-18(11-23)21(28)35)19-6-4-15(3)12-29-19/h4-8,10,12-14H,9,11H2,1-3H3,(H2,28,35). The minimum Gasteiger partial charge on any atom is -0.366 e. The van der Waals surface area contributed by atoms with Crippen LogP contribution in [0.25, 0.3) is 5.57 Å². The highest BCUT2D eigenvalue weighted by Gasteiger charge is 2.40. The van der Waals surface area contributed by atoms with E-state index in [1.165, 1.54) is 12.3 Å². The van der Waals surface area contributed by atoms with Gasteiger partial charge in [0, 0.05) is 36.7 Å². The van der Waals surface area contributed by atoms with Crippen LogP contribution in [-0.2, 0) is 22.9 Å². The molecule has 0 fully saturated rings. The van der Waals surface area contributed by atoms with Gasteiger partial charge in [-0.15, -0.1) is 5.10 Å². The van der Waals surface area contributed by atoms with Crippen molar-refractivity contribution in [3.05, 3.63) is 82.7 Å². The van der Waals surface area contributed by atoms with Crippen LogP contribution in [0, 0.1) is 6.92 Å². The zero-order chi connectivity index (χ0) is 25.4. The number of amides is 1. The minimum atomic E-state index is -4.55. The minimum absolute atomic E-state index is 0.0649. The molecular weight excluding hydrogens is 459 g/mol. The molecule has 3 aromatic heterocycles. The van der Waals surface area contributed by atoms with Crippen molar-refractivity contribution in [1.29, 1.82) is 0 Å². The summed E-state index contributed by atoms with van der Waals surface area (Å²) in [7, 11) is 0. The van der Waals surface area contributed by atoms with E-state index in [4.69, 9.17) is 5.73 Å². The second kappa shape index (κ2) is 9.05. The molecule has 0 aromatic carbocycles. The lowest BCUT2D eigenvalue weighted by atomic mass is 9.78. The average molecular weight is 483 g/mol. The average Bonchev–Trinajstić information content (AvgIpc) is 3.30. The molecule has 1 amide bonds. The van der Waals surface area contributed by atoms with Crippen LogP contribution in [-0.4, -0.2) is 36.1 Å². The van der Waals surface area contributed by atoms with Crippen LogP contribution >= 0.6 is 0 Å². The van der Waals surface area contributed by atoms with Gasteiger partial charge in [0.1, 0.15) is 5.69 Å². The highest BCUT2D eigenvalue weighted by molar-refractivity contribution is 5.96. The maximum Gasteiger partial charge on any atom is 0.433 e. The second-order valence-electron chi connectivity index (χ2n) is 8.96. The molecule has 0 bridgehead atoms. The third-order valence-electron chi connectivity index (χ3n) is 5.83. The van der Waals surface area contributed by atoms with Gasteiger partial charge in [-0.2, -0.15) is 13.2 Å². The van der Waals surface area contributed by atoms with Crippen LogP contribution in [0.1, 0.15) is 54.5 Å². The Morgan fingerprint density at radius 3 is 2.51 bits per heavy atom. The largest absolute Gasteiger partial charge is 0.433 e. The summed E-state index contributed by atoms with van der Waals surface area (Å²) < 4.78 is 40.8. The smallest absolute Gasteiger partial charge is 0.366 e. The number of aromatic nitrogens is 6. The first kappa shape index (κ1) is 24.2. The van der Waals surface area contributed by atoms with Crippen molar-refractivity contribution in [3.8, 4) is 0 Å². The van der Waals surface area contributed by atoms with E-state index >= 15 is 0 Å². The first-order valence-electron chi connectivity index (χ1n) is 11.0. The normalized spacial score (nSPS) is 18.4. The van der Waals surface area contributed by atoms with Gasteiger partial charge in [0.2, 0.25) is 5.91 Å². The molecule has 0 aliphatic heterocycles. The number of tetrazole rings is 1. The fourth-order valence-corrected chi connectivity index (χ4v) is 4.14. The van der Waals surface area contributed by atoms with Gasteiger partial charge in [-0.05, 0) is 58.3 Å². The molecule has 0 radical (unpaired) electrons. The Morgan fingerprint density at radius 1 is 1.17 bits per heavy atom. The number of nitrogens with two attached hydrogens (primary N) is 1. The number of pyridine rings is 2. The summed E-state index contributed by atoms with van der Waals surface area (Å²) in [5, 5.41) is 12.2. The Labute approximate surface area is 199 Å². The number of aryl methyl sites for hydroxylation is 1. The van der Waals surface area contributed by atoms with Crippen LogP contribution in [0.15, 0.2) is 54.4 Å². The van der Waals surface area contributed by atoms with E-state index in [0.717, 1.165) is 11.6 Å². The number of nitrogens with zero attached hydrogens (tertiary/aromatic N) is 6. The van der Waals surface area contributed by atoms with E-state index in [1.807, 2.05) is 39.0 Å². The van der Waals surface area contributed by atoms with Crippen LogP contribution in [0.4, 0.5) is 13.2 Å². The number of alkyl halides is 3. The molecule has 0 saturated heterocycles. The third kappa shape index (κ3) is 4.98. The van der Waals surface area contributed by atoms with Gasteiger partial charge in [0.25, 0.3) is 0 Å². The van der Waals surface area contributed by atoms with Crippen molar-refractivity contribution < 1.29 is 18.0 Å². The van der Waals surface area contributed by atoms with E-state index in [-0.39, 0.29) is 18.8 Å². The molecule has 1 aliphatic carbocycles. The van der Waals surface area contributed by atoms with Crippen LogP contribution in [0.2, 0.25) is 0 Å². The van der Waals surface area contributed by atoms with Crippen molar-refractivity contribution in [3.63, 3.8) is 0 Å². The lowest BCUT2D eigenvalue weighted by Gasteiger charge is -2.36. The fraction of sp³-hybridized carbons (Fsp3) is 0.333. The second-order valence-corrected chi connectivity index (χ2v) is 8.96. The molecule has 4 rings (SSSR count). The summed E-state index contributed by atoms with van der Waals surface area (Å²) >= 11 is 0. The first-order valence-corrected chi connectivity index (χ1v) is 11.0. The summed E-state index contributed by atoms with van der Waals surface area (Å²) in [5.41, 5.74) is 6.75. The van der Waals surface area contributed by atoms with Crippen LogP contribution in [0.3, 0.4) is 0 Å². The van der Waals surface area contributed by atoms with E-state index < -0.39 is 23.3 Å². The predicted molar refractivity (Wildman–Crippen MR) is 122 cm³/mol. The number of rotatable bonds is 6. The van der Waals surface area contributed by atoms with Gasteiger partial charge < -0.3 is 5.73 Å². The van der Waals surface area contributed by atoms with Gasteiger partial charge in [0.15, 0.2) is 5.82 Å². The predicted octanol–water partition coefficient (Wildman–Crippen LogP) is 3.75. The van der Waals surface area contributed by atoms with Gasteiger partial charge in [0.05, 0.1) is 11.2 Å². The number of halogens is 3. The van der Waals surface area contributed by atoms with Crippen molar-refractivity contribution in [2.24, 2.45) is 5.73 Å². The molecule has 2 N–H and O–H groups in total. The number of carbonyl (C=O) groups excluding carboxylic acids is 1. The van der Waals surface area contributed by atoms with Gasteiger partial charge in [-0.1, -0.05) is 26.0 Å². The zero-order valence-corrected chi connectivity index (χ0v) is 19.4. The van der Waals surface area contributed by atoms with Crippen LogP contribution < -0.4 is 5.73 Å². The Hall–Kier alpha value is -3.89. The lowest BCUT2D eigenvalue weighted by Crippen LogP contribution is -2.40. The molecule has 3 aromatic rings. The Kier molecular flexibility index (Phi) is 6.27. The highest BCUT2D eigenvalue weighted by Crippen LogP contribution is 2.40. The molecule has 8 nitrogen and oxygen atoms in total. The zero-order valence-electron chi connectivity index (χ0n) is 19.4. The van der Waals surface area contributed by atoms with Crippen molar-refractivity contribution in [2.75, 3.05) is 0 Å². The fourth-order valence-electron chi connectivity index (χ4n) is 4.14. The molecular formula is C24H24F3N7O. The van der Waals surface area contributed by atoms with Gasteiger partial charge >= 0.3 is 6.18 Å². The molecule has 1 unspecified atom stereocenters. The maximum atomic E-state index is 13.1. The summed E-state index contributed by atoms with van der Waals surface area (Å²) in [6.07, 6.45) is 2.24. The van der Waals surface area contributed by atoms with E-state index in [9.17, 15) is 18.0 Å². The maximum absolute atomic E-state index is 13.1. The lowest BCUT2D eigenvalue weighted by molar-refractivity contribution is -0.141. The molecule has 182 valence electrons. The Balaban J connectivity index is 1.89. The highest BCUT2D eigenvalue weighted by atomic mass is 19.4. The molecule has 0 saturated carbocycles. The van der Waals surface area contributed by atoms with Gasteiger partial charge in [-0.3, -0.25) is 14.8 Å². The van der Waals surface area contributed by atoms with E-state index in [0.29, 0.717) is 28.2 Å². The van der Waals surface area contributed by atoms with E-state index in [2.05, 4.69) is 25.5 Å². The van der Waals surface area contributed by atoms with Gasteiger partial charge in [-0.25, -0.2) is 4.68 Å². The monoisotopic (exact) mass is 483 g/mol.